The average molecular weight is 343 g/mol. The number of ether oxygens (including phenoxy) is 3. The van der Waals surface area contributed by atoms with Crippen molar-refractivity contribution in [2.24, 2.45) is 0 Å². The molecule has 0 fully saturated rings. The Morgan fingerprint density at radius 1 is 1.16 bits per heavy atom. The van der Waals surface area contributed by atoms with E-state index < -0.39 is 6.04 Å². The first-order valence-corrected chi connectivity index (χ1v) is 8.22. The smallest absolute Gasteiger partial charge is 0.323 e. The Balaban J connectivity index is 1.66. The van der Waals surface area contributed by atoms with E-state index in [-0.39, 0.29) is 18.5 Å². The maximum atomic E-state index is 12.2. The van der Waals surface area contributed by atoms with Crippen molar-refractivity contribution in [1.82, 2.24) is 5.32 Å². The summed E-state index contributed by atoms with van der Waals surface area (Å²) in [6, 6.07) is 12.0. The fourth-order valence-electron chi connectivity index (χ4n) is 2.64. The Morgan fingerprint density at radius 2 is 1.88 bits per heavy atom. The number of nitrogens with one attached hydrogen (secondary N) is 1. The molecule has 1 atom stereocenters. The number of rotatable bonds is 7. The lowest BCUT2D eigenvalue weighted by Crippen LogP contribution is -2.39. The maximum Gasteiger partial charge on any atom is 0.323 e. The van der Waals surface area contributed by atoms with Gasteiger partial charge in [-0.05, 0) is 48.7 Å². The van der Waals surface area contributed by atoms with Gasteiger partial charge in [0, 0.05) is 6.54 Å². The minimum atomic E-state index is -0.477. The minimum Gasteiger partial charge on any atom is -0.508 e. The second-order valence-corrected chi connectivity index (χ2v) is 5.74. The van der Waals surface area contributed by atoms with Crippen LogP contribution in [0.3, 0.4) is 0 Å². The quantitative estimate of drug-likeness (QED) is 0.752. The van der Waals surface area contributed by atoms with E-state index in [1.54, 1.807) is 31.2 Å². The molecule has 0 saturated heterocycles. The maximum absolute atomic E-state index is 12.2. The molecule has 3 rings (SSSR count). The molecule has 1 aliphatic heterocycles. The van der Waals surface area contributed by atoms with Gasteiger partial charge in [0.1, 0.15) is 11.8 Å². The molecule has 0 bridgehead atoms. The van der Waals surface area contributed by atoms with Gasteiger partial charge in [0.2, 0.25) is 6.79 Å². The van der Waals surface area contributed by atoms with Crippen LogP contribution >= 0.6 is 0 Å². The third-order valence-corrected chi connectivity index (χ3v) is 3.94. The first kappa shape index (κ1) is 17.1. The van der Waals surface area contributed by atoms with Crippen molar-refractivity contribution < 1.29 is 24.1 Å². The molecule has 0 aromatic heterocycles. The number of aromatic hydroxyl groups is 1. The van der Waals surface area contributed by atoms with E-state index in [9.17, 15) is 9.90 Å². The van der Waals surface area contributed by atoms with Crippen LogP contribution in [-0.4, -0.2) is 30.5 Å². The number of hydrogen-bond acceptors (Lipinski definition) is 6. The van der Waals surface area contributed by atoms with Crippen LogP contribution in [0.15, 0.2) is 42.5 Å². The molecule has 0 spiro atoms. The summed E-state index contributed by atoms with van der Waals surface area (Å²) in [4.78, 5) is 12.2. The number of phenolic OH excluding ortho intramolecular Hbond substituents is 1. The van der Waals surface area contributed by atoms with Gasteiger partial charge in [-0.3, -0.25) is 4.79 Å². The largest absolute Gasteiger partial charge is 0.508 e. The van der Waals surface area contributed by atoms with Gasteiger partial charge in [-0.25, -0.2) is 0 Å². The summed E-state index contributed by atoms with van der Waals surface area (Å²) in [5, 5.41) is 12.6. The van der Waals surface area contributed by atoms with Crippen LogP contribution in [0.5, 0.6) is 17.2 Å². The van der Waals surface area contributed by atoms with Gasteiger partial charge < -0.3 is 24.6 Å². The summed E-state index contributed by atoms with van der Waals surface area (Å²) in [6.07, 6.45) is 0.476. The Morgan fingerprint density at radius 3 is 2.64 bits per heavy atom. The summed E-state index contributed by atoms with van der Waals surface area (Å²) >= 11 is 0. The van der Waals surface area contributed by atoms with E-state index in [0.717, 1.165) is 16.9 Å². The van der Waals surface area contributed by atoms with Crippen molar-refractivity contribution in [3.63, 3.8) is 0 Å². The van der Waals surface area contributed by atoms with E-state index in [0.29, 0.717) is 25.3 Å². The predicted octanol–water partition coefficient (Wildman–Crippen LogP) is 2.38. The number of esters is 1. The zero-order valence-corrected chi connectivity index (χ0v) is 14.0. The van der Waals surface area contributed by atoms with Crippen LogP contribution in [0.25, 0.3) is 0 Å². The molecule has 0 amide bonds. The van der Waals surface area contributed by atoms with Crippen molar-refractivity contribution in [3.8, 4) is 17.2 Å². The molecular formula is C19H21NO5. The normalized spacial score (nSPS) is 13.5. The molecule has 6 nitrogen and oxygen atoms in total. The number of carbonyl (C=O) groups is 1. The van der Waals surface area contributed by atoms with Crippen molar-refractivity contribution in [3.05, 3.63) is 53.6 Å². The topological polar surface area (TPSA) is 77.0 Å². The number of hydrogen-bond donors (Lipinski definition) is 2. The fraction of sp³-hybridized carbons (Fsp3) is 0.316. The zero-order chi connectivity index (χ0) is 17.6. The van der Waals surface area contributed by atoms with Gasteiger partial charge in [-0.1, -0.05) is 18.2 Å². The highest BCUT2D eigenvalue weighted by atomic mass is 16.7. The van der Waals surface area contributed by atoms with Crippen LogP contribution in [0, 0.1) is 0 Å². The third kappa shape index (κ3) is 4.42. The van der Waals surface area contributed by atoms with Crippen molar-refractivity contribution in [2.45, 2.75) is 25.9 Å². The Bertz CT molecular complexity index is 729. The second-order valence-electron chi connectivity index (χ2n) is 5.74. The highest BCUT2D eigenvalue weighted by molar-refractivity contribution is 5.76. The van der Waals surface area contributed by atoms with E-state index in [1.165, 1.54) is 0 Å². The van der Waals surface area contributed by atoms with Crippen molar-refractivity contribution in [1.29, 1.82) is 0 Å². The molecule has 2 N–H and O–H groups in total. The van der Waals surface area contributed by atoms with Gasteiger partial charge >= 0.3 is 5.97 Å². The average Bonchev–Trinajstić information content (AvgIpc) is 3.08. The van der Waals surface area contributed by atoms with E-state index in [2.05, 4.69) is 5.32 Å². The van der Waals surface area contributed by atoms with Crippen LogP contribution in [0.1, 0.15) is 18.1 Å². The van der Waals surface area contributed by atoms with Crippen LogP contribution in [-0.2, 0) is 22.5 Å². The van der Waals surface area contributed by atoms with E-state index >= 15 is 0 Å². The molecule has 1 heterocycles. The molecule has 1 aliphatic rings. The van der Waals surface area contributed by atoms with Gasteiger partial charge in [-0.2, -0.15) is 0 Å². The number of benzene rings is 2. The van der Waals surface area contributed by atoms with Gasteiger partial charge in [0.25, 0.3) is 0 Å². The minimum absolute atomic E-state index is 0.199. The summed E-state index contributed by atoms with van der Waals surface area (Å²) in [6.45, 7) is 2.85. The molecule has 0 unspecified atom stereocenters. The van der Waals surface area contributed by atoms with E-state index in [4.69, 9.17) is 14.2 Å². The first-order chi connectivity index (χ1) is 12.2. The summed E-state index contributed by atoms with van der Waals surface area (Å²) in [7, 11) is 0. The number of phenols is 1. The third-order valence-electron chi connectivity index (χ3n) is 3.94. The Labute approximate surface area is 146 Å². The molecule has 2 aromatic carbocycles. The van der Waals surface area contributed by atoms with E-state index in [1.807, 2.05) is 18.2 Å². The molecule has 2 aromatic rings. The monoisotopic (exact) mass is 343 g/mol. The Kier molecular flexibility index (Phi) is 5.40. The van der Waals surface area contributed by atoms with Crippen LogP contribution < -0.4 is 14.8 Å². The van der Waals surface area contributed by atoms with Crippen LogP contribution in [0.2, 0.25) is 0 Å². The van der Waals surface area contributed by atoms with Gasteiger partial charge in [0.15, 0.2) is 11.5 Å². The standard InChI is InChI=1S/C19H21NO5/c1-2-23-19(22)16(9-13-3-6-15(21)7-4-13)20-11-14-5-8-17-18(10-14)25-12-24-17/h3-8,10,16,20-21H,2,9,11-12H2,1H3/t16-/m0/s1. The van der Waals surface area contributed by atoms with Gasteiger partial charge in [0.05, 0.1) is 6.61 Å². The molecule has 0 saturated carbocycles. The summed E-state index contributed by atoms with van der Waals surface area (Å²) in [5.74, 6) is 1.35. The Hall–Kier alpha value is -2.73. The van der Waals surface area contributed by atoms with Gasteiger partial charge in [-0.15, -0.1) is 0 Å². The lowest BCUT2D eigenvalue weighted by atomic mass is 10.1. The lowest BCUT2D eigenvalue weighted by molar-refractivity contribution is -0.145. The fourth-order valence-corrected chi connectivity index (χ4v) is 2.64. The molecule has 0 radical (unpaired) electrons. The predicted molar refractivity (Wildman–Crippen MR) is 91.6 cm³/mol. The molecule has 6 heteroatoms. The van der Waals surface area contributed by atoms with Crippen LogP contribution in [0.4, 0.5) is 0 Å². The SMILES string of the molecule is CCOC(=O)[C@H](Cc1ccc(O)cc1)NCc1ccc2c(c1)OCO2. The highest BCUT2D eigenvalue weighted by Gasteiger charge is 2.20. The lowest BCUT2D eigenvalue weighted by Gasteiger charge is -2.17. The molecule has 25 heavy (non-hydrogen) atoms. The molecule has 0 aliphatic carbocycles. The molecule has 132 valence electrons. The first-order valence-electron chi connectivity index (χ1n) is 8.22. The number of carbonyl (C=O) groups excluding carboxylic acids is 1. The zero-order valence-electron chi connectivity index (χ0n) is 14.0. The van der Waals surface area contributed by atoms with Crippen molar-refractivity contribution >= 4 is 5.97 Å². The van der Waals surface area contributed by atoms with Crippen molar-refractivity contribution in [2.75, 3.05) is 13.4 Å². The highest BCUT2D eigenvalue weighted by Crippen LogP contribution is 2.32. The molecular weight excluding hydrogens is 322 g/mol. The number of fused-ring (bicyclic) bond motifs is 1. The summed E-state index contributed by atoms with van der Waals surface area (Å²) in [5.41, 5.74) is 1.93. The second kappa shape index (κ2) is 7.90. The summed E-state index contributed by atoms with van der Waals surface area (Å²) < 4.78 is 15.8.